The first-order chi connectivity index (χ1) is 14.0. The van der Waals surface area contributed by atoms with E-state index < -0.39 is 0 Å². The number of benzene rings is 1. The Balaban J connectivity index is 1.69. The predicted molar refractivity (Wildman–Crippen MR) is 114 cm³/mol. The standard InChI is InChI=1S/C22H28N4O3/c1-5-6-7-8-11-29-19-10-9-16(12-20(19)28-4)22(27)24-17-13-18-15(2)25-26(3)21(18)23-14-17/h9-10,12-14H,5-8,11H2,1-4H3,(H,24,27). The highest BCUT2D eigenvalue weighted by Gasteiger charge is 2.13. The van der Waals surface area contributed by atoms with Crippen molar-refractivity contribution in [2.24, 2.45) is 7.05 Å². The van der Waals surface area contributed by atoms with Crippen LogP contribution in [0, 0.1) is 6.92 Å². The number of hydrogen-bond donors (Lipinski definition) is 1. The van der Waals surface area contributed by atoms with Crippen LogP contribution in [-0.4, -0.2) is 34.4 Å². The molecule has 0 aliphatic carbocycles. The van der Waals surface area contributed by atoms with Crippen LogP contribution in [0.1, 0.15) is 48.7 Å². The van der Waals surface area contributed by atoms with Gasteiger partial charge in [0.1, 0.15) is 0 Å². The molecule has 154 valence electrons. The summed E-state index contributed by atoms with van der Waals surface area (Å²) in [5, 5.41) is 8.15. The molecular weight excluding hydrogens is 368 g/mol. The molecule has 0 aliphatic rings. The van der Waals surface area contributed by atoms with E-state index in [9.17, 15) is 4.79 Å². The summed E-state index contributed by atoms with van der Waals surface area (Å²) in [6.07, 6.45) is 6.18. The molecule has 0 aliphatic heterocycles. The van der Waals surface area contributed by atoms with Gasteiger partial charge in [-0.2, -0.15) is 5.10 Å². The number of rotatable bonds is 9. The molecule has 0 atom stereocenters. The first kappa shape index (κ1) is 20.6. The number of amides is 1. The minimum atomic E-state index is -0.236. The summed E-state index contributed by atoms with van der Waals surface area (Å²) in [5.74, 6) is 0.958. The van der Waals surface area contributed by atoms with Crippen molar-refractivity contribution >= 4 is 22.6 Å². The number of hydrogen-bond acceptors (Lipinski definition) is 5. The zero-order valence-electron chi connectivity index (χ0n) is 17.5. The van der Waals surface area contributed by atoms with E-state index in [0.717, 1.165) is 29.6 Å². The first-order valence-electron chi connectivity index (χ1n) is 9.95. The van der Waals surface area contributed by atoms with Gasteiger partial charge in [0.2, 0.25) is 0 Å². The maximum atomic E-state index is 12.7. The van der Waals surface area contributed by atoms with Crippen molar-refractivity contribution in [1.82, 2.24) is 14.8 Å². The van der Waals surface area contributed by atoms with Gasteiger partial charge in [-0.15, -0.1) is 0 Å². The molecule has 3 aromatic rings. The quantitative estimate of drug-likeness (QED) is 0.539. The number of nitrogens with one attached hydrogen (secondary N) is 1. The molecule has 0 radical (unpaired) electrons. The zero-order valence-corrected chi connectivity index (χ0v) is 17.5. The number of carbonyl (C=O) groups is 1. The number of unbranched alkanes of at least 4 members (excludes halogenated alkanes) is 3. The number of ether oxygens (including phenoxy) is 2. The van der Waals surface area contributed by atoms with Crippen molar-refractivity contribution in [3.63, 3.8) is 0 Å². The third-order valence-corrected chi connectivity index (χ3v) is 4.80. The van der Waals surface area contributed by atoms with E-state index >= 15 is 0 Å². The van der Waals surface area contributed by atoms with Crippen molar-refractivity contribution in [2.75, 3.05) is 19.0 Å². The molecule has 2 heterocycles. The molecule has 1 amide bonds. The van der Waals surface area contributed by atoms with Gasteiger partial charge in [-0.3, -0.25) is 9.48 Å². The monoisotopic (exact) mass is 396 g/mol. The summed E-state index contributed by atoms with van der Waals surface area (Å²) in [4.78, 5) is 17.1. The van der Waals surface area contributed by atoms with Gasteiger partial charge in [0.25, 0.3) is 5.91 Å². The highest BCUT2D eigenvalue weighted by molar-refractivity contribution is 6.05. The topological polar surface area (TPSA) is 78.3 Å². The largest absolute Gasteiger partial charge is 0.493 e. The minimum Gasteiger partial charge on any atom is -0.493 e. The van der Waals surface area contributed by atoms with E-state index in [2.05, 4.69) is 22.3 Å². The van der Waals surface area contributed by atoms with E-state index in [-0.39, 0.29) is 5.91 Å². The average molecular weight is 396 g/mol. The molecule has 2 aromatic heterocycles. The van der Waals surface area contributed by atoms with E-state index in [4.69, 9.17) is 9.47 Å². The second-order valence-electron chi connectivity index (χ2n) is 7.03. The van der Waals surface area contributed by atoms with Crippen LogP contribution in [0.4, 0.5) is 5.69 Å². The van der Waals surface area contributed by atoms with Crippen LogP contribution < -0.4 is 14.8 Å². The predicted octanol–water partition coefficient (Wildman–Crippen LogP) is 4.50. The molecule has 29 heavy (non-hydrogen) atoms. The molecule has 0 unspecified atom stereocenters. The smallest absolute Gasteiger partial charge is 0.255 e. The SMILES string of the molecule is CCCCCCOc1ccc(C(=O)Nc2cnc3c(c2)c(C)nn3C)cc1OC. The lowest BCUT2D eigenvalue weighted by Gasteiger charge is -2.12. The number of aryl methyl sites for hydroxylation is 2. The summed E-state index contributed by atoms with van der Waals surface area (Å²) in [6.45, 7) is 4.74. The molecule has 1 aromatic carbocycles. The van der Waals surface area contributed by atoms with E-state index in [1.165, 1.54) is 12.8 Å². The van der Waals surface area contributed by atoms with Gasteiger partial charge in [-0.25, -0.2) is 4.98 Å². The van der Waals surface area contributed by atoms with E-state index in [0.29, 0.717) is 29.4 Å². The summed E-state index contributed by atoms with van der Waals surface area (Å²) in [7, 11) is 3.42. The average Bonchev–Trinajstić information content (AvgIpc) is 3.01. The lowest BCUT2D eigenvalue weighted by molar-refractivity contribution is 0.102. The summed E-state index contributed by atoms with van der Waals surface area (Å²) in [5.41, 5.74) is 2.76. The van der Waals surface area contributed by atoms with Gasteiger partial charge in [0, 0.05) is 18.0 Å². The molecule has 7 heteroatoms. The molecule has 0 fully saturated rings. The number of pyridine rings is 1. The maximum Gasteiger partial charge on any atom is 0.255 e. The molecule has 7 nitrogen and oxygen atoms in total. The molecular formula is C22H28N4O3. The second kappa shape index (κ2) is 9.41. The third-order valence-electron chi connectivity index (χ3n) is 4.80. The van der Waals surface area contributed by atoms with E-state index in [1.54, 1.807) is 36.2 Å². The van der Waals surface area contributed by atoms with Crippen molar-refractivity contribution in [3.8, 4) is 11.5 Å². The number of carbonyl (C=O) groups excluding carboxylic acids is 1. The van der Waals surface area contributed by atoms with Gasteiger partial charge in [-0.1, -0.05) is 26.2 Å². The Morgan fingerprint density at radius 2 is 2.00 bits per heavy atom. The van der Waals surface area contributed by atoms with Crippen LogP contribution in [0.3, 0.4) is 0 Å². The van der Waals surface area contributed by atoms with Gasteiger partial charge < -0.3 is 14.8 Å². The normalized spacial score (nSPS) is 10.9. The van der Waals surface area contributed by atoms with Crippen molar-refractivity contribution in [2.45, 2.75) is 39.5 Å². The van der Waals surface area contributed by atoms with Crippen molar-refractivity contribution in [3.05, 3.63) is 41.7 Å². The molecule has 0 saturated heterocycles. The number of anilines is 1. The Morgan fingerprint density at radius 1 is 1.17 bits per heavy atom. The first-order valence-corrected chi connectivity index (χ1v) is 9.95. The van der Waals surface area contributed by atoms with Crippen LogP contribution >= 0.6 is 0 Å². The third kappa shape index (κ3) is 4.85. The number of nitrogens with zero attached hydrogens (tertiary/aromatic N) is 3. The minimum absolute atomic E-state index is 0.236. The van der Waals surface area contributed by atoms with Gasteiger partial charge >= 0.3 is 0 Å². The fourth-order valence-corrected chi connectivity index (χ4v) is 3.22. The Hall–Kier alpha value is -3.09. The molecule has 3 rings (SSSR count). The molecule has 0 bridgehead atoms. The molecule has 0 saturated carbocycles. The summed E-state index contributed by atoms with van der Waals surface area (Å²) >= 11 is 0. The lowest BCUT2D eigenvalue weighted by atomic mass is 10.1. The maximum absolute atomic E-state index is 12.7. The molecule has 1 N–H and O–H groups in total. The second-order valence-corrected chi connectivity index (χ2v) is 7.03. The van der Waals surface area contributed by atoms with Gasteiger partial charge in [-0.05, 0) is 37.6 Å². The van der Waals surface area contributed by atoms with Crippen molar-refractivity contribution in [1.29, 1.82) is 0 Å². The Bertz CT molecular complexity index is 997. The van der Waals surface area contributed by atoms with Crippen LogP contribution in [0.25, 0.3) is 11.0 Å². The van der Waals surface area contributed by atoms with Gasteiger partial charge in [0.05, 0.1) is 31.3 Å². The Labute approximate surface area is 171 Å². The zero-order chi connectivity index (χ0) is 20.8. The van der Waals surface area contributed by atoms with Gasteiger partial charge in [0.15, 0.2) is 17.1 Å². The highest BCUT2D eigenvalue weighted by atomic mass is 16.5. The Morgan fingerprint density at radius 3 is 2.76 bits per heavy atom. The van der Waals surface area contributed by atoms with Crippen molar-refractivity contribution < 1.29 is 14.3 Å². The van der Waals surface area contributed by atoms with Crippen LogP contribution in [0.2, 0.25) is 0 Å². The number of aromatic nitrogens is 3. The number of methoxy groups -OCH3 is 1. The summed E-state index contributed by atoms with van der Waals surface area (Å²) in [6, 6.07) is 7.09. The van der Waals surface area contributed by atoms with E-state index in [1.807, 2.05) is 20.0 Å². The highest BCUT2D eigenvalue weighted by Crippen LogP contribution is 2.29. The van der Waals surface area contributed by atoms with Crippen LogP contribution in [0.5, 0.6) is 11.5 Å². The van der Waals surface area contributed by atoms with Crippen LogP contribution in [-0.2, 0) is 7.05 Å². The fraction of sp³-hybridized carbons (Fsp3) is 0.409. The molecule has 0 spiro atoms. The lowest BCUT2D eigenvalue weighted by Crippen LogP contribution is -2.12. The van der Waals surface area contributed by atoms with Crippen LogP contribution in [0.15, 0.2) is 30.5 Å². The number of fused-ring (bicyclic) bond motifs is 1. The Kier molecular flexibility index (Phi) is 6.69. The fourth-order valence-electron chi connectivity index (χ4n) is 3.22. The summed E-state index contributed by atoms with van der Waals surface area (Å²) < 4.78 is 13.0.